The van der Waals surface area contributed by atoms with Gasteiger partial charge in [-0.15, -0.1) is 0 Å². The van der Waals surface area contributed by atoms with Crippen molar-refractivity contribution in [2.75, 3.05) is 14.1 Å². The molecule has 0 aliphatic carbocycles. The SMILES string of the molecule is CN=C(N(C)C(C)C)C(C)(C)C. The van der Waals surface area contributed by atoms with Gasteiger partial charge in [0.1, 0.15) is 5.84 Å². The number of amidine groups is 1. The van der Waals surface area contributed by atoms with E-state index in [9.17, 15) is 0 Å². The highest BCUT2D eigenvalue weighted by Gasteiger charge is 2.22. The van der Waals surface area contributed by atoms with Crippen LogP contribution < -0.4 is 0 Å². The lowest BCUT2D eigenvalue weighted by atomic mass is 9.93. The van der Waals surface area contributed by atoms with Crippen molar-refractivity contribution in [2.24, 2.45) is 10.4 Å². The fourth-order valence-corrected chi connectivity index (χ4v) is 1.27. The summed E-state index contributed by atoms with van der Waals surface area (Å²) in [5.41, 5.74) is 0.147. The molecule has 0 rings (SSSR count). The van der Waals surface area contributed by atoms with E-state index in [0.29, 0.717) is 6.04 Å². The largest absolute Gasteiger partial charge is 0.361 e. The summed E-state index contributed by atoms with van der Waals surface area (Å²) in [6.07, 6.45) is 0. The summed E-state index contributed by atoms with van der Waals surface area (Å²) in [6, 6.07) is 0.517. The molecule has 0 spiro atoms. The van der Waals surface area contributed by atoms with Crippen LogP contribution in [0.4, 0.5) is 0 Å². The minimum atomic E-state index is 0.147. The number of hydrogen-bond donors (Lipinski definition) is 0. The first-order valence-corrected chi connectivity index (χ1v) is 4.50. The zero-order chi connectivity index (χ0) is 9.94. The molecule has 0 radical (unpaired) electrons. The molecule has 0 aromatic heterocycles. The Morgan fingerprint density at radius 3 is 1.75 bits per heavy atom. The molecule has 2 heteroatoms. The lowest BCUT2D eigenvalue weighted by Crippen LogP contribution is -2.40. The van der Waals surface area contributed by atoms with Gasteiger partial charge in [-0.1, -0.05) is 20.8 Å². The van der Waals surface area contributed by atoms with E-state index >= 15 is 0 Å². The van der Waals surface area contributed by atoms with Crippen LogP contribution in [0.25, 0.3) is 0 Å². The third kappa shape index (κ3) is 2.84. The third-order valence-electron chi connectivity index (χ3n) is 1.99. The molecule has 0 bridgehead atoms. The number of nitrogens with zero attached hydrogens (tertiary/aromatic N) is 2. The Morgan fingerprint density at radius 2 is 1.67 bits per heavy atom. The van der Waals surface area contributed by atoms with E-state index in [2.05, 4.69) is 51.6 Å². The zero-order valence-corrected chi connectivity index (χ0v) is 9.47. The van der Waals surface area contributed by atoms with Gasteiger partial charge in [0.25, 0.3) is 0 Å². The first-order valence-electron chi connectivity index (χ1n) is 4.50. The molecule has 0 heterocycles. The van der Waals surface area contributed by atoms with Gasteiger partial charge in [-0.3, -0.25) is 4.99 Å². The predicted molar refractivity (Wildman–Crippen MR) is 55.7 cm³/mol. The first kappa shape index (κ1) is 11.5. The summed E-state index contributed by atoms with van der Waals surface area (Å²) in [4.78, 5) is 6.55. The second kappa shape index (κ2) is 3.92. The highest BCUT2D eigenvalue weighted by molar-refractivity contribution is 5.87. The van der Waals surface area contributed by atoms with Crippen molar-refractivity contribution in [3.63, 3.8) is 0 Å². The Balaban J connectivity index is 4.60. The maximum absolute atomic E-state index is 4.32. The summed E-state index contributed by atoms with van der Waals surface area (Å²) in [5, 5.41) is 0. The summed E-state index contributed by atoms with van der Waals surface area (Å²) in [6.45, 7) is 10.9. The maximum Gasteiger partial charge on any atom is 0.104 e. The summed E-state index contributed by atoms with van der Waals surface area (Å²) in [7, 11) is 3.96. The van der Waals surface area contributed by atoms with Crippen molar-refractivity contribution < 1.29 is 0 Å². The van der Waals surface area contributed by atoms with E-state index in [1.54, 1.807) is 0 Å². The summed E-state index contributed by atoms with van der Waals surface area (Å²) >= 11 is 0. The third-order valence-corrected chi connectivity index (χ3v) is 1.99. The molecule has 72 valence electrons. The van der Waals surface area contributed by atoms with E-state index in [1.165, 1.54) is 0 Å². The van der Waals surface area contributed by atoms with Crippen molar-refractivity contribution in [3.8, 4) is 0 Å². The molecule has 0 atom stereocenters. The standard InChI is InChI=1S/C10H22N2/c1-8(2)12(7)9(11-6)10(3,4)5/h8H,1-7H3. The van der Waals surface area contributed by atoms with Gasteiger partial charge in [0.05, 0.1) is 0 Å². The topological polar surface area (TPSA) is 15.6 Å². The van der Waals surface area contributed by atoms with Gasteiger partial charge >= 0.3 is 0 Å². The molecular weight excluding hydrogens is 148 g/mol. The van der Waals surface area contributed by atoms with E-state index in [4.69, 9.17) is 0 Å². The predicted octanol–water partition coefficient (Wildman–Crippen LogP) is 2.40. The Labute approximate surface area is 76.7 Å². The van der Waals surface area contributed by atoms with E-state index in [0.717, 1.165) is 5.84 Å². The zero-order valence-electron chi connectivity index (χ0n) is 9.47. The molecule has 0 aliphatic heterocycles. The van der Waals surface area contributed by atoms with Crippen molar-refractivity contribution in [1.82, 2.24) is 4.90 Å². The van der Waals surface area contributed by atoms with Crippen molar-refractivity contribution in [2.45, 2.75) is 40.7 Å². The Morgan fingerprint density at radius 1 is 1.25 bits per heavy atom. The molecular formula is C10H22N2. The van der Waals surface area contributed by atoms with Crippen molar-refractivity contribution in [3.05, 3.63) is 0 Å². The van der Waals surface area contributed by atoms with Gasteiger partial charge in [-0.2, -0.15) is 0 Å². The van der Waals surface area contributed by atoms with Gasteiger partial charge in [0, 0.05) is 25.6 Å². The Hall–Kier alpha value is -0.530. The fourth-order valence-electron chi connectivity index (χ4n) is 1.27. The molecule has 2 nitrogen and oxygen atoms in total. The molecule has 0 N–H and O–H groups in total. The normalized spacial score (nSPS) is 13.8. The summed E-state index contributed by atoms with van der Waals surface area (Å²) in [5.74, 6) is 1.16. The van der Waals surface area contributed by atoms with Gasteiger partial charge < -0.3 is 4.90 Å². The van der Waals surface area contributed by atoms with Gasteiger partial charge in [-0.05, 0) is 13.8 Å². The lowest BCUT2D eigenvalue weighted by Gasteiger charge is -2.33. The van der Waals surface area contributed by atoms with E-state index < -0.39 is 0 Å². The van der Waals surface area contributed by atoms with Crippen LogP contribution in [0.1, 0.15) is 34.6 Å². The second-order valence-electron chi connectivity index (χ2n) is 4.50. The highest BCUT2D eigenvalue weighted by atomic mass is 15.2. The average Bonchev–Trinajstić information content (AvgIpc) is 1.85. The molecule has 0 saturated carbocycles. The molecule has 0 aromatic carbocycles. The van der Waals surface area contributed by atoms with Crippen LogP contribution in [0, 0.1) is 5.41 Å². The monoisotopic (exact) mass is 170 g/mol. The molecule has 0 amide bonds. The quantitative estimate of drug-likeness (QED) is 0.436. The number of hydrogen-bond acceptors (Lipinski definition) is 1. The van der Waals surface area contributed by atoms with Crippen molar-refractivity contribution >= 4 is 5.84 Å². The maximum atomic E-state index is 4.32. The van der Waals surface area contributed by atoms with Crippen LogP contribution >= 0.6 is 0 Å². The van der Waals surface area contributed by atoms with Crippen LogP contribution in [0.2, 0.25) is 0 Å². The van der Waals surface area contributed by atoms with Crippen LogP contribution in [-0.2, 0) is 0 Å². The minimum Gasteiger partial charge on any atom is -0.361 e. The Kier molecular flexibility index (Phi) is 3.75. The molecule has 0 aromatic rings. The number of aliphatic imine (C=N–C) groups is 1. The molecule has 12 heavy (non-hydrogen) atoms. The van der Waals surface area contributed by atoms with Crippen LogP contribution in [-0.4, -0.2) is 30.9 Å². The molecule has 0 unspecified atom stereocenters. The highest BCUT2D eigenvalue weighted by Crippen LogP contribution is 2.19. The van der Waals surface area contributed by atoms with Gasteiger partial charge in [0.2, 0.25) is 0 Å². The minimum absolute atomic E-state index is 0.147. The molecule has 0 fully saturated rings. The van der Waals surface area contributed by atoms with Crippen LogP contribution in [0.3, 0.4) is 0 Å². The fraction of sp³-hybridized carbons (Fsp3) is 0.900. The van der Waals surface area contributed by atoms with E-state index in [-0.39, 0.29) is 5.41 Å². The first-order chi connectivity index (χ1) is 5.30. The lowest BCUT2D eigenvalue weighted by molar-refractivity contribution is 0.367. The summed E-state index contributed by atoms with van der Waals surface area (Å²) < 4.78 is 0. The Bertz CT molecular complexity index is 163. The van der Waals surface area contributed by atoms with Crippen LogP contribution in [0.5, 0.6) is 0 Å². The van der Waals surface area contributed by atoms with Gasteiger partial charge in [-0.25, -0.2) is 0 Å². The average molecular weight is 170 g/mol. The molecule has 0 aliphatic rings. The van der Waals surface area contributed by atoms with Gasteiger partial charge in [0.15, 0.2) is 0 Å². The van der Waals surface area contributed by atoms with Crippen LogP contribution in [0.15, 0.2) is 4.99 Å². The van der Waals surface area contributed by atoms with E-state index in [1.807, 2.05) is 7.05 Å². The smallest absolute Gasteiger partial charge is 0.104 e. The number of rotatable bonds is 1. The second-order valence-corrected chi connectivity index (χ2v) is 4.50. The van der Waals surface area contributed by atoms with Crippen molar-refractivity contribution in [1.29, 1.82) is 0 Å². The molecule has 0 saturated heterocycles.